The van der Waals surface area contributed by atoms with Gasteiger partial charge in [0.25, 0.3) is 0 Å². The average Bonchev–Trinajstić information content (AvgIpc) is 2.84. The molecule has 1 aliphatic rings. The van der Waals surface area contributed by atoms with Crippen LogP contribution in [0.1, 0.15) is 11.1 Å². The number of rotatable bonds is 8. The number of anilines is 1. The highest BCUT2D eigenvalue weighted by Crippen LogP contribution is 2.38. The number of nitrogens with one attached hydrogen (secondary N) is 2. The number of aliphatic imine (C=N–C) groups is 1. The van der Waals surface area contributed by atoms with Crippen molar-refractivity contribution in [2.24, 2.45) is 4.99 Å². The topological polar surface area (TPSA) is 67.4 Å². The van der Waals surface area contributed by atoms with Crippen molar-refractivity contribution in [3.8, 4) is 17.2 Å². The third-order valence-electron chi connectivity index (χ3n) is 5.18. The summed E-state index contributed by atoms with van der Waals surface area (Å²) in [5, 5.41) is 6.71. The van der Waals surface area contributed by atoms with Crippen LogP contribution in [0.15, 0.2) is 41.4 Å². The second kappa shape index (κ2) is 11.6. The minimum absolute atomic E-state index is 0.572. The molecule has 8 heteroatoms. The molecule has 2 N–H and O–H groups in total. The highest BCUT2D eigenvalue weighted by Gasteiger charge is 2.14. The maximum Gasteiger partial charge on any atom is 0.203 e. The van der Waals surface area contributed by atoms with Crippen molar-refractivity contribution >= 4 is 23.4 Å². The summed E-state index contributed by atoms with van der Waals surface area (Å²) < 4.78 is 16.2. The molecule has 31 heavy (non-hydrogen) atoms. The van der Waals surface area contributed by atoms with Gasteiger partial charge in [-0.2, -0.15) is 11.8 Å². The molecule has 3 rings (SSSR count). The molecule has 7 nitrogen and oxygen atoms in total. The smallest absolute Gasteiger partial charge is 0.203 e. The van der Waals surface area contributed by atoms with E-state index in [9.17, 15) is 0 Å². The summed E-state index contributed by atoms with van der Waals surface area (Å²) in [5.74, 6) is 4.99. The first-order valence-electron chi connectivity index (χ1n) is 10.3. The normalized spacial score (nSPS) is 14.2. The van der Waals surface area contributed by atoms with Crippen molar-refractivity contribution in [2.45, 2.75) is 13.1 Å². The molecular formula is C23H32N4O3S. The quantitative estimate of drug-likeness (QED) is 0.479. The van der Waals surface area contributed by atoms with E-state index in [0.29, 0.717) is 30.3 Å². The fourth-order valence-electron chi connectivity index (χ4n) is 3.48. The highest BCUT2D eigenvalue weighted by molar-refractivity contribution is 7.99. The lowest BCUT2D eigenvalue weighted by molar-refractivity contribution is 0.323. The monoisotopic (exact) mass is 444 g/mol. The third kappa shape index (κ3) is 6.13. The second-order valence-electron chi connectivity index (χ2n) is 7.08. The van der Waals surface area contributed by atoms with Gasteiger partial charge in [0.2, 0.25) is 5.75 Å². The van der Waals surface area contributed by atoms with Gasteiger partial charge in [0, 0.05) is 50.4 Å². The molecule has 1 heterocycles. The van der Waals surface area contributed by atoms with Gasteiger partial charge in [-0.1, -0.05) is 12.1 Å². The van der Waals surface area contributed by atoms with Gasteiger partial charge >= 0.3 is 0 Å². The molecular weight excluding hydrogens is 412 g/mol. The van der Waals surface area contributed by atoms with Crippen LogP contribution >= 0.6 is 11.8 Å². The molecule has 0 aromatic heterocycles. The predicted molar refractivity (Wildman–Crippen MR) is 129 cm³/mol. The summed E-state index contributed by atoms with van der Waals surface area (Å²) in [4.78, 5) is 6.77. The fourth-order valence-corrected chi connectivity index (χ4v) is 4.38. The molecule has 0 spiro atoms. The first kappa shape index (κ1) is 22.9. The minimum Gasteiger partial charge on any atom is -0.493 e. The van der Waals surface area contributed by atoms with Crippen molar-refractivity contribution in [2.75, 3.05) is 57.9 Å². The predicted octanol–water partition coefficient (Wildman–Crippen LogP) is 3.13. The van der Waals surface area contributed by atoms with Crippen LogP contribution in [-0.4, -0.2) is 58.9 Å². The SMILES string of the molecule is CN=C(NCc1ccc(N2CCSCC2)cc1)NCc1cc(OC)c(OC)c(OC)c1. The van der Waals surface area contributed by atoms with E-state index in [1.54, 1.807) is 28.4 Å². The Balaban J connectivity index is 1.55. The molecule has 2 aromatic rings. The van der Waals surface area contributed by atoms with Crippen LogP contribution in [0.4, 0.5) is 5.69 Å². The number of ether oxygens (including phenoxy) is 3. The Morgan fingerprint density at radius 1 is 0.903 bits per heavy atom. The Morgan fingerprint density at radius 2 is 1.48 bits per heavy atom. The largest absolute Gasteiger partial charge is 0.493 e. The number of nitrogens with zero attached hydrogens (tertiary/aromatic N) is 2. The highest BCUT2D eigenvalue weighted by atomic mass is 32.2. The van der Waals surface area contributed by atoms with Crippen LogP contribution in [0.5, 0.6) is 17.2 Å². The fraction of sp³-hybridized carbons (Fsp3) is 0.435. The Hall–Kier alpha value is -2.74. The molecule has 0 saturated carbocycles. The summed E-state index contributed by atoms with van der Waals surface area (Å²) in [5.41, 5.74) is 3.52. The van der Waals surface area contributed by atoms with Gasteiger partial charge in [0.15, 0.2) is 17.5 Å². The number of thioether (sulfide) groups is 1. The number of methoxy groups -OCH3 is 3. The van der Waals surface area contributed by atoms with Crippen molar-refractivity contribution in [1.29, 1.82) is 0 Å². The van der Waals surface area contributed by atoms with Gasteiger partial charge in [-0.15, -0.1) is 0 Å². The molecule has 0 bridgehead atoms. The van der Waals surface area contributed by atoms with Crippen molar-refractivity contribution in [3.05, 3.63) is 47.5 Å². The Bertz CT molecular complexity index is 843. The molecule has 1 aliphatic heterocycles. The van der Waals surface area contributed by atoms with Crippen LogP contribution in [0.2, 0.25) is 0 Å². The maximum absolute atomic E-state index is 5.43. The van der Waals surface area contributed by atoms with Crippen LogP contribution < -0.4 is 29.7 Å². The summed E-state index contributed by atoms with van der Waals surface area (Å²) in [6, 6.07) is 12.6. The zero-order chi connectivity index (χ0) is 22.1. The first-order valence-corrected chi connectivity index (χ1v) is 11.5. The molecule has 0 atom stereocenters. The van der Waals surface area contributed by atoms with Gasteiger partial charge in [0.05, 0.1) is 21.3 Å². The molecule has 1 saturated heterocycles. The van der Waals surface area contributed by atoms with E-state index in [-0.39, 0.29) is 0 Å². The lowest BCUT2D eigenvalue weighted by Crippen LogP contribution is -2.36. The average molecular weight is 445 g/mol. The van der Waals surface area contributed by atoms with E-state index in [1.165, 1.54) is 22.8 Å². The first-order chi connectivity index (χ1) is 15.2. The standard InChI is InChI=1S/C23H32N4O3S/c1-24-23(26-16-18-13-20(28-2)22(30-4)21(14-18)29-3)25-15-17-5-7-19(8-6-17)27-9-11-31-12-10-27/h5-8,13-14H,9-12,15-16H2,1-4H3,(H2,24,25,26). The van der Waals surface area contributed by atoms with Crippen molar-refractivity contribution in [1.82, 2.24) is 10.6 Å². The van der Waals surface area contributed by atoms with Gasteiger partial charge < -0.3 is 29.7 Å². The zero-order valence-electron chi connectivity index (χ0n) is 18.7. The maximum atomic E-state index is 5.43. The van der Waals surface area contributed by atoms with E-state index < -0.39 is 0 Å². The molecule has 0 aliphatic carbocycles. The molecule has 2 aromatic carbocycles. The van der Waals surface area contributed by atoms with E-state index in [2.05, 4.69) is 44.8 Å². The van der Waals surface area contributed by atoms with Gasteiger partial charge in [0.1, 0.15) is 0 Å². The Kier molecular flexibility index (Phi) is 8.58. The van der Waals surface area contributed by atoms with Crippen LogP contribution in [0.3, 0.4) is 0 Å². The van der Waals surface area contributed by atoms with Crippen LogP contribution in [0.25, 0.3) is 0 Å². The van der Waals surface area contributed by atoms with Gasteiger partial charge in [-0.25, -0.2) is 0 Å². The Morgan fingerprint density at radius 3 is 2.00 bits per heavy atom. The molecule has 1 fully saturated rings. The molecule has 0 unspecified atom stereocenters. The van der Waals surface area contributed by atoms with E-state index >= 15 is 0 Å². The number of benzene rings is 2. The summed E-state index contributed by atoms with van der Waals surface area (Å²) in [6.45, 7) is 3.52. The summed E-state index contributed by atoms with van der Waals surface area (Å²) >= 11 is 2.03. The van der Waals surface area contributed by atoms with Crippen molar-refractivity contribution in [3.63, 3.8) is 0 Å². The number of guanidine groups is 1. The zero-order valence-corrected chi connectivity index (χ0v) is 19.6. The van der Waals surface area contributed by atoms with Gasteiger partial charge in [-0.3, -0.25) is 4.99 Å². The lowest BCUT2D eigenvalue weighted by Gasteiger charge is -2.28. The van der Waals surface area contributed by atoms with Crippen LogP contribution in [0, 0.1) is 0 Å². The number of hydrogen-bond acceptors (Lipinski definition) is 6. The summed E-state index contributed by atoms with van der Waals surface area (Å²) in [7, 11) is 6.60. The van der Waals surface area contributed by atoms with E-state index in [1.807, 2.05) is 23.9 Å². The second-order valence-corrected chi connectivity index (χ2v) is 8.30. The van der Waals surface area contributed by atoms with E-state index in [4.69, 9.17) is 14.2 Å². The lowest BCUT2D eigenvalue weighted by atomic mass is 10.1. The third-order valence-corrected chi connectivity index (χ3v) is 6.12. The van der Waals surface area contributed by atoms with Crippen LogP contribution in [-0.2, 0) is 13.1 Å². The van der Waals surface area contributed by atoms with Gasteiger partial charge in [-0.05, 0) is 35.4 Å². The molecule has 0 amide bonds. The van der Waals surface area contributed by atoms with E-state index in [0.717, 1.165) is 24.6 Å². The Labute approximate surface area is 189 Å². The molecule has 0 radical (unpaired) electrons. The summed E-state index contributed by atoms with van der Waals surface area (Å²) in [6.07, 6.45) is 0. The minimum atomic E-state index is 0.572. The number of hydrogen-bond donors (Lipinski definition) is 2. The van der Waals surface area contributed by atoms with Crippen molar-refractivity contribution < 1.29 is 14.2 Å². The molecule has 168 valence electrons.